The maximum Gasteiger partial charge on any atom is 0.268 e. The Morgan fingerprint density at radius 2 is 1.85 bits per heavy atom. The van der Waals surface area contributed by atoms with Crippen LogP contribution in [0.5, 0.6) is 11.5 Å². The van der Waals surface area contributed by atoms with E-state index in [4.69, 9.17) is 13.9 Å². The highest BCUT2D eigenvalue weighted by Crippen LogP contribution is 2.34. The average molecular weight is 392 g/mol. The van der Waals surface area contributed by atoms with Gasteiger partial charge in [-0.3, -0.25) is 0 Å². The molecule has 3 rings (SSSR count). The Morgan fingerprint density at radius 3 is 2.44 bits per heavy atom. The number of rotatable bonds is 7. The van der Waals surface area contributed by atoms with Crippen molar-refractivity contribution in [3.8, 4) is 11.5 Å². The van der Waals surface area contributed by atoms with E-state index in [-0.39, 0.29) is 23.9 Å². The quantitative estimate of drug-likeness (QED) is 0.614. The van der Waals surface area contributed by atoms with Crippen molar-refractivity contribution < 1.29 is 26.7 Å². The zero-order chi connectivity index (χ0) is 19.4. The summed E-state index contributed by atoms with van der Waals surface area (Å²) in [6, 6.07) is 10.1. The monoisotopic (exact) mass is 392 g/mol. The van der Waals surface area contributed by atoms with Crippen molar-refractivity contribution in [2.45, 2.75) is 11.4 Å². The molecule has 0 bridgehead atoms. The first-order valence-electron chi connectivity index (χ1n) is 7.85. The fourth-order valence-corrected chi connectivity index (χ4v) is 3.94. The van der Waals surface area contributed by atoms with Gasteiger partial charge < -0.3 is 13.9 Å². The first-order chi connectivity index (χ1) is 13.0. The lowest BCUT2D eigenvalue weighted by Gasteiger charge is -2.23. The van der Waals surface area contributed by atoms with Crippen LogP contribution in [0.4, 0.5) is 10.2 Å². The third-order valence-corrected chi connectivity index (χ3v) is 5.56. The van der Waals surface area contributed by atoms with Gasteiger partial charge in [0.15, 0.2) is 11.5 Å². The number of methoxy groups -OCH3 is 2. The molecule has 0 saturated carbocycles. The van der Waals surface area contributed by atoms with Crippen LogP contribution in [0, 0.1) is 5.82 Å². The van der Waals surface area contributed by atoms with Gasteiger partial charge in [-0.15, -0.1) is 0 Å². The summed E-state index contributed by atoms with van der Waals surface area (Å²) in [7, 11) is -1.64. The average Bonchev–Trinajstić information content (AvgIpc) is 3.19. The van der Waals surface area contributed by atoms with Gasteiger partial charge in [-0.05, 0) is 24.3 Å². The van der Waals surface area contributed by atoms with Crippen molar-refractivity contribution in [3.63, 3.8) is 0 Å². The molecule has 0 unspecified atom stereocenters. The number of sulfonamides is 1. The lowest BCUT2D eigenvalue weighted by molar-refractivity contribution is 0.350. The second-order valence-electron chi connectivity index (χ2n) is 5.42. The summed E-state index contributed by atoms with van der Waals surface area (Å²) in [6.07, 6.45) is 2.88. The highest BCUT2D eigenvalue weighted by Gasteiger charge is 2.31. The summed E-state index contributed by atoms with van der Waals surface area (Å²) in [4.78, 5) is 3.53. The van der Waals surface area contributed by atoms with Crippen LogP contribution in [0.15, 0.2) is 64.2 Å². The third kappa shape index (κ3) is 3.72. The highest BCUT2D eigenvalue weighted by atomic mass is 32.2. The Hall–Kier alpha value is -3.07. The van der Waals surface area contributed by atoms with E-state index in [9.17, 15) is 12.8 Å². The minimum absolute atomic E-state index is 0.0874. The second-order valence-corrected chi connectivity index (χ2v) is 7.25. The maximum absolute atomic E-state index is 14.6. The SMILES string of the molecule is COc1cc(F)c(S(=O)(=O)N(Cc2ccco2)c2ccccn2)cc1OC. The Bertz CT molecular complexity index is 1010. The Morgan fingerprint density at radius 1 is 1.11 bits per heavy atom. The number of hydrogen-bond donors (Lipinski definition) is 0. The molecule has 142 valence electrons. The van der Waals surface area contributed by atoms with Crippen molar-refractivity contribution >= 4 is 15.8 Å². The van der Waals surface area contributed by atoms with Crippen LogP contribution in [0.1, 0.15) is 5.76 Å². The Kier molecular flexibility index (Phi) is 5.31. The zero-order valence-corrected chi connectivity index (χ0v) is 15.4. The molecule has 2 heterocycles. The van der Waals surface area contributed by atoms with E-state index in [1.54, 1.807) is 24.3 Å². The summed E-state index contributed by atoms with van der Waals surface area (Å²) < 4.78 is 57.5. The second kappa shape index (κ2) is 7.67. The van der Waals surface area contributed by atoms with Crippen LogP contribution in [0.2, 0.25) is 0 Å². The highest BCUT2D eigenvalue weighted by molar-refractivity contribution is 7.92. The van der Waals surface area contributed by atoms with Crippen molar-refractivity contribution in [2.75, 3.05) is 18.5 Å². The number of pyridine rings is 1. The van der Waals surface area contributed by atoms with Gasteiger partial charge >= 0.3 is 0 Å². The molecule has 0 aliphatic carbocycles. The molecular weight excluding hydrogens is 375 g/mol. The van der Waals surface area contributed by atoms with Gasteiger partial charge in [-0.1, -0.05) is 6.07 Å². The van der Waals surface area contributed by atoms with Gasteiger partial charge in [0.2, 0.25) is 0 Å². The number of halogens is 1. The molecule has 0 aliphatic rings. The summed E-state index contributed by atoms with van der Waals surface area (Å²) >= 11 is 0. The Balaban J connectivity index is 2.13. The summed E-state index contributed by atoms with van der Waals surface area (Å²) in [5.41, 5.74) is 0. The molecule has 7 nitrogen and oxygen atoms in total. The largest absolute Gasteiger partial charge is 0.493 e. The maximum atomic E-state index is 14.6. The fourth-order valence-electron chi connectivity index (χ4n) is 2.49. The number of ether oxygens (including phenoxy) is 2. The predicted molar refractivity (Wildman–Crippen MR) is 95.8 cm³/mol. The van der Waals surface area contributed by atoms with E-state index < -0.39 is 20.7 Å². The molecular formula is C18H17FN2O5S. The molecule has 0 N–H and O–H groups in total. The molecule has 3 aromatic rings. The third-order valence-electron chi connectivity index (χ3n) is 3.79. The van der Waals surface area contributed by atoms with E-state index >= 15 is 0 Å². The molecule has 27 heavy (non-hydrogen) atoms. The van der Waals surface area contributed by atoms with Crippen LogP contribution in [0.25, 0.3) is 0 Å². The van der Waals surface area contributed by atoms with Crippen molar-refractivity contribution in [2.24, 2.45) is 0 Å². The molecule has 0 radical (unpaired) electrons. The molecule has 2 aromatic heterocycles. The van der Waals surface area contributed by atoms with Crippen LogP contribution in [-0.4, -0.2) is 27.6 Å². The number of nitrogens with zero attached hydrogens (tertiary/aromatic N) is 2. The van der Waals surface area contributed by atoms with Crippen molar-refractivity contribution in [1.29, 1.82) is 0 Å². The zero-order valence-electron chi connectivity index (χ0n) is 14.6. The minimum atomic E-state index is -4.32. The molecule has 0 spiro atoms. The topological polar surface area (TPSA) is 81.9 Å². The van der Waals surface area contributed by atoms with E-state index in [2.05, 4.69) is 4.98 Å². The molecule has 0 amide bonds. The molecule has 0 aliphatic heterocycles. The number of furan rings is 1. The van der Waals surface area contributed by atoms with E-state index in [0.29, 0.717) is 5.76 Å². The Labute approximate surface area is 156 Å². The lowest BCUT2D eigenvalue weighted by atomic mass is 10.3. The number of hydrogen-bond acceptors (Lipinski definition) is 6. The number of anilines is 1. The van der Waals surface area contributed by atoms with Gasteiger partial charge in [-0.2, -0.15) is 0 Å². The smallest absolute Gasteiger partial charge is 0.268 e. The van der Waals surface area contributed by atoms with Gasteiger partial charge in [0.1, 0.15) is 22.3 Å². The minimum Gasteiger partial charge on any atom is -0.493 e. The summed E-state index contributed by atoms with van der Waals surface area (Å²) in [6.45, 7) is -0.153. The lowest BCUT2D eigenvalue weighted by Crippen LogP contribution is -2.31. The predicted octanol–water partition coefficient (Wildman–Crippen LogP) is 3.23. The number of aromatic nitrogens is 1. The van der Waals surface area contributed by atoms with Gasteiger partial charge in [0, 0.05) is 18.3 Å². The standard InChI is InChI=1S/C18H17FN2O5S/c1-24-15-10-14(19)17(11-16(15)25-2)27(22,23)21(12-13-6-5-9-26-13)18-7-3-4-8-20-18/h3-11H,12H2,1-2H3. The van der Waals surface area contributed by atoms with Crippen LogP contribution in [0.3, 0.4) is 0 Å². The van der Waals surface area contributed by atoms with Crippen molar-refractivity contribution in [3.05, 3.63) is 66.5 Å². The van der Waals surface area contributed by atoms with Crippen molar-refractivity contribution in [1.82, 2.24) is 4.98 Å². The molecule has 0 saturated heterocycles. The normalized spacial score (nSPS) is 11.2. The molecule has 1 aromatic carbocycles. The summed E-state index contributed by atoms with van der Waals surface area (Å²) in [5.74, 6) is -0.276. The van der Waals surface area contributed by atoms with Crippen LogP contribution < -0.4 is 13.8 Å². The molecule has 9 heteroatoms. The van der Waals surface area contributed by atoms with Gasteiger partial charge in [0.05, 0.1) is 27.0 Å². The molecule has 0 fully saturated rings. The summed E-state index contributed by atoms with van der Waals surface area (Å²) in [5, 5.41) is 0. The van der Waals surface area contributed by atoms with Gasteiger partial charge in [0.25, 0.3) is 10.0 Å². The van der Waals surface area contributed by atoms with Crippen LogP contribution >= 0.6 is 0 Å². The first-order valence-corrected chi connectivity index (χ1v) is 9.29. The van der Waals surface area contributed by atoms with Gasteiger partial charge in [-0.25, -0.2) is 22.1 Å². The van der Waals surface area contributed by atoms with E-state index in [1.807, 2.05) is 0 Å². The van der Waals surface area contributed by atoms with E-state index in [0.717, 1.165) is 16.4 Å². The molecule has 0 atom stereocenters. The fraction of sp³-hybridized carbons (Fsp3) is 0.167. The van der Waals surface area contributed by atoms with E-state index in [1.165, 1.54) is 32.7 Å². The number of benzene rings is 1. The van der Waals surface area contributed by atoms with Crippen LogP contribution in [-0.2, 0) is 16.6 Å². The first kappa shape index (κ1) is 18.7.